The van der Waals surface area contributed by atoms with Crippen LogP contribution in [0.25, 0.3) is 10.9 Å². The Morgan fingerprint density at radius 3 is 2.54 bits per heavy atom. The summed E-state index contributed by atoms with van der Waals surface area (Å²) in [6, 6.07) is 7.63. The molecule has 0 bridgehead atoms. The first-order chi connectivity index (χ1) is 11.2. The third kappa shape index (κ3) is 4.04. The van der Waals surface area contributed by atoms with Crippen LogP contribution in [0, 0.1) is 0 Å². The van der Waals surface area contributed by atoms with E-state index in [1.165, 1.54) is 17.8 Å². The molecule has 0 unspecified atom stereocenters. The summed E-state index contributed by atoms with van der Waals surface area (Å²) in [5.74, 6) is -0.386. The molecule has 0 radical (unpaired) electrons. The molecule has 5 nitrogen and oxygen atoms in total. The van der Waals surface area contributed by atoms with Gasteiger partial charge >= 0.3 is 12.1 Å². The Kier molecular flexibility index (Phi) is 5.12. The minimum absolute atomic E-state index is 0.00212. The van der Waals surface area contributed by atoms with Gasteiger partial charge in [-0.1, -0.05) is 25.1 Å². The zero-order chi connectivity index (χ0) is 17.9. The molecule has 2 aromatic rings. The summed E-state index contributed by atoms with van der Waals surface area (Å²) in [4.78, 5) is 23.6. The molecule has 0 aliphatic rings. The van der Waals surface area contributed by atoms with Crippen molar-refractivity contribution < 1.29 is 19.1 Å². The molecule has 5 heteroatoms. The van der Waals surface area contributed by atoms with Gasteiger partial charge in [0.25, 0.3) is 0 Å². The lowest BCUT2D eigenvalue weighted by Gasteiger charge is -2.20. The van der Waals surface area contributed by atoms with Crippen LogP contribution in [-0.4, -0.2) is 29.3 Å². The van der Waals surface area contributed by atoms with E-state index in [4.69, 9.17) is 4.74 Å². The number of aromatic nitrogens is 1. The number of benzene rings is 1. The van der Waals surface area contributed by atoms with Gasteiger partial charge in [0, 0.05) is 23.6 Å². The quantitative estimate of drug-likeness (QED) is 0.624. The maximum Gasteiger partial charge on any atom is 0.418 e. The van der Waals surface area contributed by atoms with Gasteiger partial charge in [-0.25, -0.2) is 9.59 Å². The van der Waals surface area contributed by atoms with Crippen LogP contribution in [0.1, 0.15) is 39.2 Å². The predicted molar refractivity (Wildman–Crippen MR) is 93.1 cm³/mol. The fourth-order valence-corrected chi connectivity index (χ4v) is 2.45. The molecule has 0 saturated carbocycles. The van der Waals surface area contributed by atoms with E-state index in [0.717, 1.165) is 16.5 Å². The molecule has 1 aromatic heterocycles. The van der Waals surface area contributed by atoms with Crippen molar-refractivity contribution in [2.45, 2.75) is 39.2 Å². The highest BCUT2D eigenvalue weighted by molar-refractivity contribution is 5.92. The number of ether oxygens (including phenoxy) is 2. The zero-order valence-corrected chi connectivity index (χ0v) is 14.7. The summed E-state index contributed by atoms with van der Waals surface area (Å²) in [7, 11) is 1.35. The summed E-state index contributed by atoms with van der Waals surface area (Å²) >= 11 is 0. The van der Waals surface area contributed by atoms with Gasteiger partial charge in [-0.2, -0.15) is 0 Å². The molecule has 1 aromatic carbocycles. The average molecular weight is 329 g/mol. The van der Waals surface area contributed by atoms with Gasteiger partial charge in [-0.05, 0) is 38.5 Å². The van der Waals surface area contributed by atoms with E-state index in [0.29, 0.717) is 0 Å². The summed E-state index contributed by atoms with van der Waals surface area (Å²) in [5.41, 5.74) is 1.25. The van der Waals surface area contributed by atoms with Crippen LogP contribution < -0.4 is 0 Å². The van der Waals surface area contributed by atoms with E-state index in [1.54, 1.807) is 12.3 Å². The van der Waals surface area contributed by atoms with Gasteiger partial charge in [0.05, 0.1) is 12.6 Å². The molecule has 0 saturated heterocycles. The topological polar surface area (TPSA) is 57.5 Å². The number of fused-ring (bicyclic) bond motifs is 1. The maximum absolute atomic E-state index is 12.3. The van der Waals surface area contributed by atoms with E-state index >= 15 is 0 Å². The van der Waals surface area contributed by atoms with E-state index in [1.807, 2.05) is 52.0 Å². The van der Waals surface area contributed by atoms with Gasteiger partial charge in [-0.3, -0.25) is 4.57 Å². The number of carbonyl (C=O) groups excluding carboxylic acids is 2. The lowest BCUT2D eigenvalue weighted by Crippen LogP contribution is -2.26. The smallest absolute Gasteiger partial charge is 0.418 e. The van der Waals surface area contributed by atoms with Crippen molar-refractivity contribution in [1.29, 1.82) is 0 Å². The summed E-state index contributed by atoms with van der Waals surface area (Å²) in [5, 5.41) is 0.949. The van der Waals surface area contributed by atoms with E-state index in [2.05, 4.69) is 4.74 Å². The number of esters is 1. The van der Waals surface area contributed by atoms with Crippen LogP contribution in [0.5, 0.6) is 0 Å². The van der Waals surface area contributed by atoms with Crippen molar-refractivity contribution >= 4 is 23.0 Å². The monoisotopic (exact) mass is 329 g/mol. The van der Waals surface area contributed by atoms with Crippen molar-refractivity contribution in [1.82, 2.24) is 4.57 Å². The van der Waals surface area contributed by atoms with Crippen molar-refractivity contribution in [2.24, 2.45) is 0 Å². The number of hydrogen-bond donors (Lipinski definition) is 0. The first kappa shape index (κ1) is 17.8. The Morgan fingerprint density at radius 1 is 1.21 bits per heavy atom. The Morgan fingerprint density at radius 2 is 1.92 bits per heavy atom. The Bertz CT molecular complexity index is 780. The Balaban J connectivity index is 2.37. The molecule has 128 valence electrons. The summed E-state index contributed by atoms with van der Waals surface area (Å²) in [6.45, 7) is 7.49. The molecule has 0 N–H and O–H groups in total. The average Bonchev–Trinajstić information content (AvgIpc) is 2.94. The predicted octanol–water partition coefficient (Wildman–Crippen LogP) is 4.26. The van der Waals surface area contributed by atoms with Gasteiger partial charge in [0.2, 0.25) is 0 Å². The van der Waals surface area contributed by atoms with Crippen molar-refractivity contribution in [3.63, 3.8) is 0 Å². The normalized spacial score (nSPS) is 13.2. The molecule has 0 aliphatic heterocycles. The molecule has 0 fully saturated rings. The largest absolute Gasteiger partial charge is 0.466 e. The molecule has 0 spiro atoms. The van der Waals surface area contributed by atoms with Crippen molar-refractivity contribution in [3.05, 3.63) is 48.2 Å². The number of hydrogen-bond acceptors (Lipinski definition) is 4. The van der Waals surface area contributed by atoms with Gasteiger partial charge in [0.15, 0.2) is 0 Å². The van der Waals surface area contributed by atoms with E-state index in [-0.39, 0.29) is 11.9 Å². The molecule has 0 aliphatic carbocycles. The van der Waals surface area contributed by atoms with Crippen LogP contribution >= 0.6 is 0 Å². The van der Waals surface area contributed by atoms with Crippen LogP contribution in [-0.2, 0) is 14.3 Å². The summed E-state index contributed by atoms with van der Waals surface area (Å²) in [6.07, 6.45) is 4.49. The SMILES string of the molecule is COC(=O)/C=C/[C@@H](C)c1cccc2c1ccn2C(=O)OC(C)(C)C. The first-order valence-corrected chi connectivity index (χ1v) is 7.82. The van der Waals surface area contributed by atoms with Crippen molar-refractivity contribution in [2.75, 3.05) is 7.11 Å². The maximum atomic E-state index is 12.3. The van der Waals surface area contributed by atoms with Crippen LogP contribution in [0.15, 0.2) is 42.6 Å². The van der Waals surface area contributed by atoms with E-state index in [9.17, 15) is 9.59 Å². The third-order valence-corrected chi connectivity index (χ3v) is 3.57. The fourth-order valence-electron chi connectivity index (χ4n) is 2.45. The highest BCUT2D eigenvalue weighted by Gasteiger charge is 2.20. The fraction of sp³-hybridized carbons (Fsp3) is 0.368. The molecular formula is C19H23NO4. The van der Waals surface area contributed by atoms with Gasteiger partial charge in [-0.15, -0.1) is 0 Å². The number of methoxy groups -OCH3 is 1. The van der Waals surface area contributed by atoms with E-state index < -0.39 is 11.7 Å². The highest BCUT2D eigenvalue weighted by atomic mass is 16.6. The molecule has 0 amide bonds. The molecule has 2 rings (SSSR count). The molecule has 1 heterocycles. The minimum atomic E-state index is -0.554. The number of allylic oxidation sites excluding steroid dienone is 1. The van der Waals surface area contributed by atoms with Gasteiger partial charge < -0.3 is 9.47 Å². The van der Waals surface area contributed by atoms with Crippen LogP contribution in [0.2, 0.25) is 0 Å². The Hall–Kier alpha value is -2.56. The molecular weight excluding hydrogens is 306 g/mol. The first-order valence-electron chi connectivity index (χ1n) is 7.82. The van der Waals surface area contributed by atoms with Crippen LogP contribution in [0.3, 0.4) is 0 Å². The minimum Gasteiger partial charge on any atom is -0.466 e. The summed E-state index contributed by atoms with van der Waals surface area (Å²) < 4.78 is 11.5. The van der Waals surface area contributed by atoms with Crippen molar-refractivity contribution in [3.8, 4) is 0 Å². The zero-order valence-electron chi connectivity index (χ0n) is 14.7. The molecule has 1 atom stereocenters. The second-order valence-corrected chi connectivity index (χ2v) is 6.62. The van der Waals surface area contributed by atoms with Gasteiger partial charge in [0.1, 0.15) is 5.60 Å². The standard InChI is InChI=1S/C19H23NO4/c1-13(9-10-17(21)23-5)14-7-6-8-16-15(14)11-12-20(16)18(22)24-19(2,3)4/h6-13H,1-5H3/b10-9+/t13-/m1/s1. The highest BCUT2D eigenvalue weighted by Crippen LogP contribution is 2.28. The second-order valence-electron chi connectivity index (χ2n) is 6.62. The number of rotatable bonds is 3. The molecule has 24 heavy (non-hydrogen) atoms. The second kappa shape index (κ2) is 6.91. The number of nitrogens with zero attached hydrogens (tertiary/aromatic N) is 1. The number of carbonyl (C=O) groups is 2. The van der Waals surface area contributed by atoms with Crippen LogP contribution in [0.4, 0.5) is 4.79 Å². The Labute approximate surface area is 141 Å². The lowest BCUT2D eigenvalue weighted by molar-refractivity contribution is -0.134. The third-order valence-electron chi connectivity index (χ3n) is 3.57. The lowest BCUT2D eigenvalue weighted by atomic mass is 9.97.